The number of carbonyl (C=O) groups excluding carboxylic acids is 2. The van der Waals surface area contributed by atoms with E-state index in [0.29, 0.717) is 29.4 Å². The van der Waals surface area contributed by atoms with E-state index in [4.69, 9.17) is 21.1 Å². The quantitative estimate of drug-likeness (QED) is 0.825. The molecule has 142 valence electrons. The summed E-state index contributed by atoms with van der Waals surface area (Å²) in [6, 6.07) is 14.6. The summed E-state index contributed by atoms with van der Waals surface area (Å²) in [6.07, 6.45) is -0.277. The monoisotopic (exact) mass is 388 g/mol. The van der Waals surface area contributed by atoms with Crippen LogP contribution in [0.5, 0.6) is 5.75 Å². The lowest BCUT2D eigenvalue weighted by atomic mass is 10.1. The number of benzene rings is 2. The first-order chi connectivity index (χ1) is 13.1. The van der Waals surface area contributed by atoms with Gasteiger partial charge >= 0.3 is 0 Å². The molecule has 1 aliphatic heterocycles. The second kappa shape index (κ2) is 8.88. The van der Waals surface area contributed by atoms with Crippen LogP contribution >= 0.6 is 11.6 Å². The molecule has 0 bridgehead atoms. The number of carbonyl (C=O) groups is 2. The maximum atomic E-state index is 12.5. The number of morpholine rings is 1. The highest BCUT2D eigenvalue weighted by Gasteiger charge is 2.27. The summed E-state index contributed by atoms with van der Waals surface area (Å²) >= 11 is 5.97. The van der Waals surface area contributed by atoms with Gasteiger partial charge in [0.25, 0.3) is 5.91 Å². The topological polar surface area (TPSA) is 67.9 Å². The Kier molecular flexibility index (Phi) is 6.32. The minimum Gasteiger partial charge on any atom is -0.496 e. The van der Waals surface area contributed by atoms with Crippen LogP contribution in [0, 0.1) is 0 Å². The van der Waals surface area contributed by atoms with Gasteiger partial charge < -0.3 is 19.7 Å². The Morgan fingerprint density at radius 3 is 2.81 bits per heavy atom. The lowest BCUT2D eigenvalue weighted by Gasteiger charge is -2.33. The van der Waals surface area contributed by atoms with E-state index in [1.807, 2.05) is 30.3 Å². The Labute approximate surface area is 163 Å². The zero-order valence-corrected chi connectivity index (χ0v) is 15.7. The van der Waals surface area contributed by atoms with Gasteiger partial charge in [-0.2, -0.15) is 0 Å². The number of nitrogens with one attached hydrogen (secondary N) is 1. The highest BCUT2D eigenvalue weighted by Crippen LogP contribution is 2.22. The Morgan fingerprint density at radius 2 is 2.07 bits per heavy atom. The molecule has 1 aliphatic rings. The molecular weight excluding hydrogens is 368 g/mol. The van der Waals surface area contributed by atoms with Gasteiger partial charge in [0.2, 0.25) is 5.91 Å². The van der Waals surface area contributed by atoms with Crippen LogP contribution in [0.2, 0.25) is 5.02 Å². The lowest BCUT2D eigenvalue weighted by molar-refractivity contribution is -0.149. The zero-order valence-electron chi connectivity index (χ0n) is 15.0. The van der Waals surface area contributed by atoms with Crippen LogP contribution in [0.3, 0.4) is 0 Å². The van der Waals surface area contributed by atoms with Gasteiger partial charge in [0, 0.05) is 24.7 Å². The van der Waals surface area contributed by atoms with Crippen molar-refractivity contribution < 1.29 is 19.1 Å². The summed E-state index contributed by atoms with van der Waals surface area (Å²) in [7, 11) is 1.50. The van der Waals surface area contributed by atoms with Crippen LogP contribution in [-0.2, 0) is 16.1 Å². The minimum absolute atomic E-state index is 0.00779. The number of rotatable bonds is 6. The molecule has 0 spiro atoms. The molecule has 2 aromatic carbocycles. The molecule has 2 aromatic rings. The standard InChI is InChI=1S/C20H21ClN2O4/c1-26-18-8-7-15(21)9-17(18)20(25)22-10-16-12-23(19(24)13-27-16)11-14-5-3-2-4-6-14/h2-9,16H,10-13H2,1H3,(H,22,25). The van der Waals surface area contributed by atoms with Gasteiger partial charge in [0.15, 0.2) is 0 Å². The van der Waals surface area contributed by atoms with E-state index in [1.54, 1.807) is 23.1 Å². The van der Waals surface area contributed by atoms with Crippen molar-refractivity contribution in [1.29, 1.82) is 0 Å². The van der Waals surface area contributed by atoms with Crippen LogP contribution < -0.4 is 10.1 Å². The van der Waals surface area contributed by atoms with Gasteiger partial charge in [0.1, 0.15) is 12.4 Å². The molecule has 2 amide bonds. The third kappa shape index (κ3) is 4.99. The van der Waals surface area contributed by atoms with E-state index in [1.165, 1.54) is 7.11 Å². The first kappa shape index (κ1) is 19.2. The van der Waals surface area contributed by atoms with Crippen LogP contribution in [0.15, 0.2) is 48.5 Å². The van der Waals surface area contributed by atoms with E-state index in [9.17, 15) is 9.59 Å². The number of halogens is 1. The Balaban J connectivity index is 1.58. The van der Waals surface area contributed by atoms with Crippen LogP contribution in [0.1, 0.15) is 15.9 Å². The molecule has 0 saturated carbocycles. The van der Waals surface area contributed by atoms with Crippen molar-refractivity contribution in [2.45, 2.75) is 12.6 Å². The molecule has 1 heterocycles. The number of ether oxygens (including phenoxy) is 2. The molecule has 7 heteroatoms. The summed E-state index contributed by atoms with van der Waals surface area (Å²) in [4.78, 5) is 26.3. The van der Waals surface area contributed by atoms with Crippen molar-refractivity contribution in [3.63, 3.8) is 0 Å². The fraction of sp³-hybridized carbons (Fsp3) is 0.300. The van der Waals surface area contributed by atoms with E-state index in [0.717, 1.165) is 5.56 Å². The molecule has 3 rings (SSSR count). The highest BCUT2D eigenvalue weighted by atomic mass is 35.5. The van der Waals surface area contributed by atoms with Crippen LogP contribution in [-0.4, -0.2) is 49.6 Å². The molecule has 1 N–H and O–H groups in total. The van der Waals surface area contributed by atoms with Crippen molar-refractivity contribution in [3.05, 3.63) is 64.7 Å². The molecule has 0 aliphatic carbocycles. The third-order valence-corrected chi connectivity index (χ3v) is 4.57. The SMILES string of the molecule is COc1ccc(Cl)cc1C(=O)NCC1CN(Cc2ccccc2)C(=O)CO1. The summed E-state index contributed by atoms with van der Waals surface area (Å²) < 4.78 is 10.8. The van der Waals surface area contributed by atoms with Crippen molar-refractivity contribution in [2.75, 3.05) is 26.8 Å². The second-order valence-electron chi connectivity index (χ2n) is 6.25. The largest absolute Gasteiger partial charge is 0.496 e. The van der Waals surface area contributed by atoms with E-state index >= 15 is 0 Å². The Bertz CT molecular complexity index is 813. The van der Waals surface area contributed by atoms with E-state index in [-0.39, 0.29) is 31.1 Å². The van der Waals surface area contributed by atoms with Crippen molar-refractivity contribution >= 4 is 23.4 Å². The zero-order chi connectivity index (χ0) is 19.2. The maximum Gasteiger partial charge on any atom is 0.255 e. The fourth-order valence-corrected chi connectivity index (χ4v) is 3.09. The summed E-state index contributed by atoms with van der Waals surface area (Å²) in [5.41, 5.74) is 1.41. The average molecular weight is 389 g/mol. The van der Waals surface area contributed by atoms with Crippen molar-refractivity contribution in [3.8, 4) is 5.75 Å². The molecular formula is C20H21ClN2O4. The second-order valence-corrected chi connectivity index (χ2v) is 6.68. The van der Waals surface area contributed by atoms with E-state index in [2.05, 4.69) is 5.32 Å². The van der Waals surface area contributed by atoms with E-state index < -0.39 is 0 Å². The van der Waals surface area contributed by atoms with Gasteiger partial charge in [-0.1, -0.05) is 41.9 Å². The normalized spacial score (nSPS) is 16.9. The molecule has 1 unspecified atom stereocenters. The molecule has 0 radical (unpaired) electrons. The summed E-state index contributed by atoms with van der Waals surface area (Å²) in [5.74, 6) is 0.0877. The van der Waals surface area contributed by atoms with Gasteiger partial charge in [0.05, 0.1) is 18.8 Å². The van der Waals surface area contributed by atoms with Crippen LogP contribution in [0.4, 0.5) is 0 Å². The third-order valence-electron chi connectivity index (χ3n) is 4.33. The Hall–Kier alpha value is -2.57. The number of amides is 2. The lowest BCUT2D eigenvalue weighted by Crippen LogP contribution is -2.50. The number of hydrogen-bond acceptors (Lipinski definition) is 4. The summed E-state index contributed by atoms with van der Waals surface area (Å²) in [6.45, 7) is 1.23. The molecule has 27 heavy (non-hydrogen) atoms. The number of nitrogens with zero attached hydrogens (tertiary/aromatic N) is 1. The maximum absolute atomic E-state index is 12.5. The van der Waals surface area contributed by atoms with Crippen molar-refractivity contribution in [2.24, 2.45) is 0 Å². The first-order valence-corrected chi connectivity index (χ1v) is 8.99. The predicted octanol–water partition coefficient (Wildman–Crippen LogP) is 2.51. The Morgan fingerprint density at radius 1 is 1.30 bits per heavy atom. The smallest absolute Gasteiger partial charge is 0.255 e. The minimum atomic E-state index is -0.301. The number of methoxy groups -OCH3 is 1. The number of hydrogen-bond donors (Lipinski definition) is 1. The predicted molar refractivity (Wildman–Crippen MR) is 102 cm³/mol. The average Bonchev–Trinajstić information content (AvgIpc) is 2.69. The van der Waals surface area contributed by atoms with Gasteiger partial charge in [-0.25, -0.2) is 0 Å². The molecule has 1 fully saturated rings. The molecule has 1 atom stereocenters. The fourth-order valence-electron chi connectivity index (χ4n) is 2.92. The first-order valence-electron chi connectivity index (χ1n) is 8.62. The van der Waals surface area contributed by atoms with Crippen molar-refractivity contribution in [1.82, 2.24) is 10.2 Å². The molecule has 0 aromatic heterocycles. The molecule has 6 nitrogen and oxygen atoms in total. The van der Waals surface area contributed by atoms with Gasteiger partial charge in [-0.05, 0) is 23.8 Å². The highest BCUT2D eigenvalue weighted by molar-refractivity contribution is 6.31. The van der Waals surface area contributed by atoms with Gasteiger partial charge in [-0.3, -0.25) is 9.59 Å². The summed E-state index contributed by atoms with van der Waals surface area (Å²) in [5, 5.41) is 3.28. The van der Waals surface area contributed by atoms with Gasteiger partial charge in [-0.15, -0.1) is 0 Å². The van der Waals surface area contributed by atoms with Crippen LogP contribution in [0.25, 0.3) is 0 Å². The molecule has 1 saturated heterocycles.